The highest BCUT2D eigenvalue weighted by atomic mass is 79.9. The molecule has 2 nitrogen and oxygen atoms in total. The Hall–Kier alpha value is -1.13. The van der Waals surface area contributed by atoms with Gasteiger partial charge in [0.2, 0.25) is 5.91 Å². The van der Waals surface area contributed by atoms with Gasteiger partial charge in [0.1, 0.15) is 0 Å². The zero-order valence-corrected chi connectivity index (χ0v) is 15.7. The highest BCUT2D eigenvalue weighted by Gasteiger charge is 2.28. The van der Waals surface area contributed by atoms with E-state index in [1.165, 1.54) is 4.88 Å². The maximum absolute atomic E-state index is 13.0. The van der Waals surface area contributed by atoms with Gasteiger partial charge in [-0.1, -0.05) is 50.6 Å². The van der Waals surface area contributed by atoms with Crippen LogP contribution in [0.3, 0.4) is 0 Å². The molecule has 2 unspecified atom stereocenters. The van der Waals surface area contributed by atoms with Crippen molar-refractivity contribution in [1.29, 1.82) is 0 Å². The van der Waals surface area contributed by atoms with Crippen molar-refractivity contribution in [2.75, 3.05) is 7.05 Å². The smallest absolute Gasteiger partial charge is 0.230 e. The number of carbonyl (C=O) groups excluding carboxylic acids is 1. The van der Waals surface area contributed by atoms with Crippen LogP contribution in [0.25, 0.3) is 0 Å². The number of carbonyl (C=O) groups is 1. The van der Waals surface area contributed by atoms with Crippen molar-refractivity contribution >= 4 is 33.2 Å². The fraction of sp³-hybridized carbons (Fsp3) is 0.389. The first kappa shape index (κ1) is 17.2. The summed E-state index contributed by atoms with van der Waals surface area (Å²) in [7, 11) is 1.90. The highest BCUT2D eigenvalue weighted by Crippen LogP contribution is 2.30. The van der Waals surface area contributed by atoms with E-state index in [9.17, 15) is 4.79 Å². The fourth-order valence-electron chi connectivity index (χ4n) is 2.60. The van der Waals surface area contributed by atoms with Gasteiger partial charge in [-0.2, -0.15) is 0 Å². The second kappa shape index (κ2) is 7.93. The molecule has 118 valence electrons. The van der Waals surface area contributed by atoms with Crippen LogP contribution in [0.15, 0.2) is 46.3 Å². The molecule has 4 heteroatoms. The van der Waals surface area contributed by atoms with Crippen LogP contribution >= 0.6 is 27.3 Å². The molecule has 0 fully saturated rings. The normalized spacial score (nSPS) is 13.6. The van der Waals surface area contributed by atoms with Crippen molar-refractivity contribution in [2.24, 2.45) is 5.92 Å². The average Bonchev–Trinajstić information content (AvgIpc) is 2.93. The summed E-state index contributed by atoms with van der Waals surface area (Å²) in [6, 6.07) is 14.2. The monoisotopic (exact) mass is 379 g/mol. The summed E-state index contributed by atoms with van der Waals surface area (Å²) in [6.07, 6.45) is 0.990. The molecule has 2 aromatic rings. The van der Waals surface area contributed by atoms with Crippen molar-refractivity contribution in [3.63, 3.8) is 0 Å². The lowest BCUT2D eigenvalue weighted by molar-refractivity contribution is -0.133. The van der Waals surface area contributed by atoms with Gasteiger partial charge in [0.15, 0.2) is 0 Å². The number of thiophene rings is 1. The maximum atomic E-state index is 13.0. The van der Waals surface area contributed by atoms with E-state index in [2.05, 4.69) is 48.0 Å². The lowest BCUT2D eigenvalue weighted by Crippen LogP contribution is -2.34. The predicted octanol–water partition coefficient (Wildman–Crippen LogP) is 5.30. The molecule has 0 radical (unpaired) electrons. The molecule has 0 aliphatic rings. The molecule has 0 saturated carbocycles. The van der Waals surface area contributed by atoms with Crippen LogP contribution in [0.5, 0.6) is 0 Å². The maximum Gasteiger partial charge on any atom is 0.230 e. The van der Waals surface area contributed by atoms with Crippen molar-refractivity contribution in [3.05, 3.63) is 56.7 Å². The van der Waals surface area contributed by atoms with Gasteiger partial charge in [-0.3, -0.25) is 4.79 Å². The summed E-state index contributed by atoms with van der Waals surface area (Å²) >= 11 is 5.15. The highest BCUT2D eigenvalue weighted by molar-refractivity contribution is 9.11. The molecule has 1 amide bonds. The number of hydrogen-bond acceptors (Lipinski definition) is 2. The van der Waals surface area contributed by atoms with Crippen LogP contribution in [-0.4, -0.2) is 17.9 Å². The number of halogens is 1. The third-order valence-electron chi connectivity index (χ3n) is 4.04. The molecule has 0 bridgehead atoms. The Balaban J connectivity index is 2.18. The van der Waals surface area contributed by atoms with Gasteiger partial charge in [-0.25, -0.2) is 0 Å². The van der Waals surface area contributed by atoms with Crippen molar-refractivity contribution in [2.45, 2.75) is 32.7 Å². The van der Waals surface area contributed by atoms with Gasteiger partial charge < -0.3 is 4.90 Å². The summed E-state index contributed by atoms with van der Waals surface area (Å²) in [5.74, 6) is 0.456. The Morgan fingerprint density at radius 3 is 2.45 bits per heavy atom. The second-order valence-electron chi connectivity index (χ2n) is 5.67. The quantitative estimate of drug-likeness (QED) is 0.666. The standard InChI is InChI=1S/C18H22BrNOS/c1-4-13(2)17(14-8-6-5-7-9-14)18(21)20(3)12-15-10-11-16(19)22-15/h5-11,13,17H,4,12H2,1-3H3. The first-order chi connectivity index (χ1) is 10.5. The number of nitrogens with zero attached hydrogens (tertiary/aromatic N) is 1. The molecule has 1 heterocycles. The molecular formula is C18H22BrNOS. The SMILES string of the molecule is CCC(C)C(C(=O)N(C)Cc1ccc(Br)s1)c1ccccc1. The van der Waals surface area contributed by atoms with Crippen LogP contribution in [0.4, 0.5) is 0 Å². The van der Waals surface area contributed by atoms with Gasteiger partial charge in [0.05, 0.1) is 16.2 Å². The van der Waals surface area contributed by atoms with Crippen LogP contribution in [0.1, 0.15) is 36.6 Å². The van der Waals surface area contributed by atoms with Gasteiger partial charge in [-0.15, -0.1) is 11.3 Å². The van der Waals surface area contributed by atoms with Crippen LogP contribution in [0, 0.1) is 5.92 Å². The summed E-state index contributed by atoms with van der Waals surface area (Å²) in [6.45, 7) is 4.96. The molecule has 22 heavy (non-hydrogen) atoms. The van der Waals surface area contributed by atoms with E-state index in [4.69, 9.17) is 0 Å². The molecule has 1 aromatic heterocycles. The number of likely N-dealkylation sites (N-methyl/N-ethyl adjacent to an activating group) is 1. The Kier molecular flexibility index (Phi) is 6.21. The largest absolute Gasteiger partial charge is 0.340 e. The van der Waals surface area contributed by atoms with Gasteiger partial charge in [0, 0.05) is 11.9 Å². The van der Waals surface area contributed by atoms with Gasteiger partial charge in [0.25, 0.3) is 0 Å². The van der Waals surface area contributed by atoms with Crippen molar-refractivity contribution in [1.82, 2.24) is 4.90 Å². The molecular weight excluding hydrogens is 358 g/mol. The number of rotatable bonds is 6. The van der Waals surface area contributed by atoms with E-state index in [1.807, 2.05) is 36.2 Å². The minimum Gasteiger partial charge on any atom is -0.340 e. The Labute approximate surface area is 145 Å². The van der Waals surface area contributed by atoms with E-state index >= 15 is 0 Å². The number of hydrogen-bond donors (Lipinski definition) is 0. The minimum absolute atomic E-state index is 0.0698. The Morgan fingerprint density at radius 1 is 1.23 bits per heavy atom. The zero-order valence-electron chi connectivity index (χ0n) is 13.3. The van der Waals surface area contributed by atoms with E-state index in [0.717, 1.165) is 15.8 Å². The topological polar surface area (TPSA) is 20.3 Å². The first-order valence-corrected chi connectivity index (χ1v) is 9.18. The average molecular weight is 380 g/mol. The second-order valence-corrected chi connectivity index (χ2v) is 8.22. The molecule has 0 N–H and O–H groups in total. The molecule has 2 rings (SSSR count). The van der Waals surface area contributed by atoms with Crippen molar-refractivity contribution in [3.8, 4) is 0 Å². The predicted molar refractivity (Wildman–Crippen MR) is 97.1 cm³/mol. The number of amides is 1. The Bertz CT molecular complexity index is 611. The van der Waals surface area contributed by atoms with Gasteiger partial charge >= 0.3 is 0 Å². The van der Waals surface area contributed by atoms with E-state index in [1.54, 1.807) is 11.3 Å². The van der Waals surface area contributed by atoms with E-state index in [-0.39, 0.29) is 11.8 Å². The summed E-state index contributed by atoms with van der Waals surface area (Å²) in [4.78, 5) is 16.0. The molecule has 0 aliphatic carbocycles. The van der Waals surface area contributed by atoms with Crippen LogP contribution in [-0.2, 0) is 11.3 Å². The lowest BCUT2D eigenvalue weighted by Gasteiger charge is -2.27. The zero-order chi connectivity index (χ0) is 16.1. The Morgan fingerprint density at radius 2 is 1.91 bits per heavy atom. The van der Waals surface area contributed by atoms with Crippen LogP contribution in [0.2, 0.25) is 0 Å². The molecule has 0 aliphatic heterocycles. The van der Waals surface area contributed by atoms with Crippen molar-refractivity contribution < 1.29 is 4.79 Å². The lowest BCUT2D eigenvalue weighted by atomic mass is 9.84. The van der Waals surface area contributed by atoms with E-state index in [0.29, 0.717) is 12.5 Å². The van der Waals surface area contributed by atoms with Crippen LogP contribution < -0.4 is 0 Å². The summed E-state index contributed by atoms with van der Waals surface area (Å²) in [5.41, 5.74) is 1.11. The first-order valence-electron chi connectivity index (χ1n) is 7.57. The van der Waals surface area contributed by atoms with E-state index < -0.39 is 0 Å². The minimum atomic E-state index is -0.0698. The third-order valence-corrected chi connectivity index (χ3v) is 5.64. The summed E-state index contributed by atoms with van der Waals surface area (Å²) < 4.78 is 1.10. The summed E-state index contributed by atoms with van der Waals surface area (Å²) in [5, 5.41) is 0. The molecule has 1 aromatic carbocycles. The molecule has 0 spiro atoms. The van der Waals surface area contributed by atoms with Gasteiger partial charge in [-0.05, 0) is 39.5 Å². The third kappa shape index (κ3) is 4.20. The number of benzene rings is 1. The molecule has 2 atom stereocenters. The molecule has 0 saturated heterocycles. The fourth-order valence-corrected chi connectivity index (χ4v) is 4.13.